The molecule has 0 aromatic heterocycles. The highest BCUT2D eigenvalue weighted by atomic mass is 15.0. The highest BCUT2D eigenvalue weighted by Gasteiger charge is 1.94. The number of hydrogen-bond acceptors (Lipinski definition) is 1. The van der Waals surface area contributed by atoms with E-state index in [1.165, 1.54) is 12.8 Å². The van der Waals surface area contributed by atoms with Gasteiger partial charge >= 0.3 is 0 Å². The molecule has 0 amide bonds. The summed E-state index contributed by atoms with van der Waals surface area (Å²) in [6.07, 6.45) is 11.4. The molecule has 0 aromatic carbocycles. The monoisotopic (exact) mass is 164 g/mol. The first kappa shape index (κ1) is 9.04. The smallest absolute Gasteiger partial charge is 0.104 e. The van der Waals surface area contributed by atoms with Crippen molar-refractivity contribution in [1.82, 2.24) is 5.32 Å². The lowest BCUT2D eigenvalue weighted by Crippen LogP contribution is -2.15. The summed E-state index contributed by atoms with van der Waals surface area (Å²) in [7, 11) is 0. The van der Waals surface area contributed by atoms with E-state index in [9.17, 15) is 0 Å². The highest BCUT2D eigenvalue weighted by molar-refractivity contribution is 5.84. The van der Waals surface area contributed by atoms with Crippen molar-refractivity contribution in [2.75, 3.05) is 6.54 Å². The third-order valence-corrected chi connectivity index (χ3v) is 1.72. The zero-order valence-electron chi connectivity index (χ0n) is 7.59. The fourth-order valence-corrected chi connectivity index (χ4v) is 0.999. The molecule has 0 saturated carbocycles. The van der Waals surface area contributed by atoms with Crippen molar-refractivity contribution in [3.63, 3.8) is 0 Å². The number of hydrogen-bond donors (Lipinski definition) is 1. The summed E-state index contributed by atoms with van der Waals surface area (Å²) >= 11 is 0. The van der Waals surface area contributed by atoms with Crippen molar-refractivity contribution in [2.45, 2.75) is 26.2 Å². The lowest BCUT2D eigenvalue weighted by molar-refractivity contribution is 0.803. The van der Waals surface area contributed by atoms with Crippen LogP contribution >= 0.6 is 0 Å². The lowest BCUT2D eigenvalue weighted by atomic mass is 10.3. The Hall–Kier alpha value is -1.05. The number of unbranched alkanes of at least 4 members (excludes halogenated alkanes) is 1. The molecule has 0 fully saturated rings. The minimum absolute atomic E-state index is 0.927. The first-order valence-electron chi connectivity index (χ1n) is 4.55. The predicted octanol–water partition coefficient (Wildman–Crippen LogP) is 2.25. The topological polar surface area (TPSA) is 24.4 Å². The Kier molecular flexibility index (Phi) is 4.21. The lowest BCUT2D eigenvalue weighted by Gasteiger charge is -2.01. The number of nitrogens with one attached hydrogen (secondary N) is 1. The van der Waals surface area contributed by atoms with Crippen molar-refractivity contribution in [3.8, 4) is 0 Å². The molecule has 1 heterocycles. The summed E-state index contributed by atoms with van der Waals surface area (Å²) in [5.41, 5.74) is 0. The Bertz CT molecular complexity index is 186. The fraction of sp³-hybridized carbons (Fsp3) is 0.500. The van der Waals surface area contributed by atoms with Gasteiger partial charge in [-0.05, 0) is 12.5 Å². The number of amidine groups is 1. The van der Waals surface area contributed by atoms with Crippen molar-refractivity contribution in [1.29, 1.82) is 0 Å². The molecule has 0 unspecified atom stereocenters. The second kappa shape index (κ2) is 5.58. The molecule has 0 radical (unpaired) electrons. The van der Waals surface area contributed by atoms with Gasteiger partial charge < -0.3 is 5.32 Å². The molecule has 0 spiro atoms. The van der Waals surface area contributed by atoms with E-state index in [-0.39, 0.29) is 0 Å². The number of nitrogens with zero attached hydrogens (tertiary/aromatic N) is 1. The summed E-state index contributed by atoms with van der Waals surface area (Å²) in [4.78, 5) is 4.44. The van der Waals surface area contributed by atoms with E-state index < -0.39 is 0 Å². The molecule has 2 nitrogen and oxygen atoms in total. The molecule has 66 valence electrons. The predicted molar refractivity (Wildman–Crippen MR) is 53.2 cm³/mol. The molecule has 0 atom stereocenters. The van der Waals surface area contributed by atoms with Crippen molar-refractivity contribution < 1.29 is 0 Å². The van der Waals surface area contributed by atoms with E-state index in [1.807, 2.05) is 18.4 Å². The molecular weight excluding hydrogens is 148 g/mol. The number of aliphatic imine (C=N–C) groups is 1. The summed E-state index contributed by atoms with van der Waals surface area (Å²) in [6, 6.07) is 0. The fourth-order valence-electron chi connectivity index (χ4n) is 0.999. The van der Waals surface area contributed by atoms with Crippen LogP contribution in [0, 0.1) is 0 Å². The van der Waals surface area contributed by atoms with Gasteiger partial charge in [-0.1, -0.05) is 25.5 Å². The maximum absolute atomic E-state index is 4.44. The molecule has 1 rings (SSSR count). The molecular formula is C10H16N2. The molecule has 2 heteroatoms. The number of rotatable bonds is 3. The number of allylic oxidation sites excluding steroid dienone is 2. The normalized spacial score (nSPS) is 19.2. The zero-order chi connectivity index (χ0) is 8.65. The van der Waals surface area contributed by atoms with Crippen LogP contribution in [-0.4, -0.2) is 12.4 Å². The van der Waals surface area contributed by atoms with Crippen LogP contribution in [0.3, 0.4) is 0 Å². The van der Waals surface area contributed by atoms with E-state index in [0.29, 0.717) is 0 Å². The van der Waals surface area contributed by atoms with Crippen molar-refractivity contribution >= 4 is 5.84 Å². The second-order valence-corrected chi connectivity index (χ2v) is 2.82. The maximum Gasteiger partial charge on any atom is 0.104 e. The maximum atomic E-state index is 4.44. The summed E-state index contributed by atoms with van der Waals surface area (Å²) < 4.78 is 0. The zero-order valence-corrected chi connectivity index (χ0v) is 7.59. The van der Waals surface area contributed by atoms with Crippen LogP contribution in [0.1, 0.15) is 26.2 Å². The van der Waals surface area contributed by atoms with E-state index in [2.05, 4.69) is 23.3 Å². The van der Waals surface area contributed by atoms with Crippen molar-refractivity contribution in [3.05, 3.63) is 24.4 Å². The van der Waals surface area contributed by atoms with Crippen LogP contribution in [0.4, 0.5) is 0 Å². The molecule has 1 aliphatic heterocycles. The largest absolute Gasteiger partial charge is 0.350 e. The van der Waals surface area contributed by atoms with E-state index in [0.717, 1.165) is 18.8 Å². The van der Waals surface area contributed by atoms with Crippen LogP contribution in [0.25, 0.3) is 0 Å². The van der Waals surface area contributed by atoms with Gasteiger partial charge in [-0.3, -0.25) is 4.99 Å². The first-order chi connectivity index (χ1) is 5.93. The van der Waals surface area contributed by atoms with Gasteiger partial charge in [0.1, 0.15) is 5.84 Å². The molecule has 0 aliphatic carbocycles. The Morgan fingerprint density at radius 1 is 1.50 bits per heavy atom. The van der Waals surface area contributed by atoms with Gasteiger partial charge in [-0.15, -0.1) is 0 Å². The second-order valence-electron chi connectivity index (χ2n) is 2.82. The molecule has 0 aromatic rings. The van der Waals surface area contributed by atoms with Crippen LogP contribution < -0.4 is 5.32 Å². The van der Waals surface area contributed by atoms with Gasteiger partial charge in [0, 0.05) is 19.2 Å². The SMILES string of the molecule is CCCCN=C1CC=CC=CN1. The molecule has 1 N–H and O–H groups in total. The third kappa shape index (κ3) is 3.37. The average molecular weight is 164 g/mol. The minimum atomic E-state index is 0.927. The molecule has 1 aliphatic rings. The van der Waals surface area contributed by atoms with Crippen LogP contribution in [0.5, 0.6) is 0 Å². The van der Waals surface area contributed by atoms with Crippen LogP contribution in [0.2, 0.25) is 0 Å². The van der Waals surface area contributed by atoms with Gasteiger partial charge in [0.05, 0.1) is 0 Å². The quantitative estimate of drug-likeness (QED) is 0.636. The first-order valence-corrected chi connectivity index (χ1v) is 4.55. The Balaban J connectivity index is 2.34. The minimum Gasteiger partial charge on any atom is -0.350 e. The third-order valence-electron chi connectivity index (χ3n) is 1.72. The summed E-state index contributed by atoms with van der Waals surface area (Å²) in [5.74, 6) is 1.08. The average Bonchev–Trinajstić information content (AvgIpc) is 2.33. The standard InChI is InChI=1S/C10H16N2/c1-2-3-8-11-10-7-5-4-6-9-12-10/h4-6,9H,2-3,7-8H2,1H3,(H,11,12). The van der Waals surface area contributed by atoms with Crippen LogP contribution in [0.15, 0.2) is 29.4 Å². The van der Waals surface area contributed by atoms with Crippen molar-refractivity contribution in [2.24, 2.45) is 4.99 Å². The summed E-state index contributed by atoms with van der Waals surface area (Å²) in [5, 5.41) is 3.15. The Morgan fingerprint density at radius 2 is 2.42 bits per heavy atom. The van der Waals surface area contributed by atoms with Gasteiger partial charge in [0.15, 0.2) is 0 Å². The van der Waals surface area contributed by atoms with E-state index in [1.54, 1.807) is 0 Å². The van der Waals surface area contributed by atoms with Gasteiger partial charge in [-0.25, -0.2) is 0 Å². The molecule has 0 bridgehead atoms. The summed E-state index contributed by atoms with van der Waals surface area (Å²) in [6.45, 7) is 3.13. The van der Waals surface area contributed by atoms with Gasteiger partial charge in [0.25, 0.3) is 0 Å². The van der Waals surface area contributed by atoms with E-state index >= 15 is 0 Å². The Labute approximate surface area is 74.1 Å². The van der Waals surface area contributed by atoms with Crippen LogP contribution in [-0.2, 0) is 0 Å². The van der Waals surface area contributed by atoms with Gasteiger partial charge in [-0.2, -0.15) is 0 Å². The van der Waals surface area contributed by atoms with Gasteiger partial charge in [0.2, 0.25) is 0 Å². The Morgan fingerprint density at radius 3 is 3.25 bits per heavy atom. The highest BCUT2D eigenvalue weighted by Crippen LogP contribution is 1.94. The van der Waals surface area contributed by atoms with E-state index in [4.69, 9.17) is 0 Å². The molecule has 0 saturated heterocycles. The molecule has 12 heavy (non-hydrogen) atoms.